The smallest absolute Gasteiger partial charge is 0.302 e. The van der Waals surface area contributed by atoms with Crippen LogP contribution in [0.1, 0.15) is 11.1 Å². The number of rotatable bonds is 4. The van der Waals surface area contributed by atoms with Crippen molar-refractivity contribution in [3.8, 4) is 11.4 Å². The minimum atomic E-state index is -0.386. The molecule has 156 valence electrons. The molecule has 8 heteroatoms. The fourth-order valence-electron chi connectivity index (χ4n) is 4.04. The number of hydrogen-bond donors (Lipinski definition) is 0. The van der Waals surface area contributed by atoms with Gasteiger partial charge in [-0.05, 0) is 18.9 Å². The summed E-state index contributed by atoms with van der Waals surface area (Å²) in [5, 5.41) is 8.83. The maximum absolute atomic E-state index is 13.2. The molecule has 0 spiro atoms. The molecule has 8 nitrogen and oxygen atoms in total. The highest BCUT2D eigenvalue weighted by atomic mass is 16.2. The maximum Gasteiger partial charge on any atom is 0.332 e. The topological polar surface area (TPSA) is 79.1 Å². The lowest BCUT2D eigenvalue weighted by Gasteiger charge is -2.08. The molecular formula is C23H22N6O2. The van der Waals surface area contributed by atoms with Crippen LogP contribution in [0.3, 0.4) is 0 Å². The molecule has 0 aliphatic heterocycles. The van der Waals surface area contributed by atoms with Gasteiger partial charge in [0.25, 0.3) is 5.56 Å². The second kappa shape index (κ2) is 7.09. The van der Waals surface area contributed by atoms with Crippen molar-refractivity contribution < 1.29 is 0 Å². The van der Waals surface area contributed by atoms with Crippen molar-refractivity contribution in [1.82, 2.24) is 28.3 Å². The first-order chi connectivity index (χ1) is 15.0. The average molecular weight is 414 g/mol. The van der Waals surface area contributed by atoms with Crippen LogP contribution in [-0.4, -0.2) is 28.3 Å². The van der Waals surface area contributed by atoms with E-state index < -0.39 is 0 Å². The molecule has 0 bridgehead atoms. The first kappa shape index (κ1) is 19.0. The number of hydrogen-bond acceptors (Lipinski definition) is 4. The number of nitrogens with zero attached hydrogens (tertiary/aromatic N) is 6. The van der Waals surface area contributed by atoms with Crippen molar-refractivity contribution in [3.05, 3.63) is 86.6 Å². The van der Waals surface area contributed by atoms with Gasteiger partial charge in [-0.3, -0.25) is 13.9 Å². The molecule has 0 fully saturated rings. The Balaban J connectivity index is 1.82. The molecule has 31 heavy (non-hydrogen) atoms. The van der Waals surface area contributed by atoms with E-state index in [1.165, 1.54) is 11.6 Å². The molecule has 3 aromatic heterocycles. The van der Waals surface area contributed by atoms with E-state index in [4.69, 9.17) is 0 Å². The van der Waals surface area contributed by atoms with Crippen molar-refractivity contribution in [2.24, 2.45) is 14.1 Å². The number of aryl methyl sites for hydroxylation is 4. The van der Waals surface area contributed by atoms with Crippen molar-refractivity contribution in [2.75, 3.05) is 0 Å². The van der Waals surface area contributed by atoms with Gasteiger partial charge in [0.1, 0.15) is 0 Å². The molecule has 0 saturated heterocycles. The molecule has 0 amide bonds. The van der Waals surface area contributed by atoms with E-state index in [0.717, 1.165) is 27.7 Å². The molecule has 2 aromatic carbocycles. The Labute approximate surface area is 177 Å². The van der Waals surface area contributed by atoms with E-state index in [0.29, 0.717) is 29.3 Å². The van der Waals surface area contributed by atoms with E-state index >= 15 is 0 Å². The minimum absolute atomic E-state index is 0.341. The standard InChI is InChI=1S/C23H22N6O2/c1-15-9-11-17(12-10-15)19-24-25-22-28(14-13-16-7-5-4-6-8-16)18-20(29(19)22)26(2)23(31)27(3)21(18)30/h4-12H,13-14H2,1-3H3. The molecule has 5 rings (SSSR count). The van der Waals surface area contributed by atoms with E-state index in [-0.39, 0.29) is 11.2 Å². The lowest BCUT2D eigenvalue weighted by molar-refractivity contribution is 0.688. The second-order valence-corrected chi connectivity index (χ2v) is 7.79. The zero-order valence-corrected chi connectivity index (χ0v) is 17.6. The van der Waals surface area contributed by atoms with Gasteiger partial charge in [0.05, 0.1) is 0 Å². The Morgan fingerprint density at radius 3 is 2.29 bits per heavy atom. The van der Waals surface area contributed by atoms with Crippen LogP contribution in [0.15, 0.2) is 64.2 Å². The van der Waals surface area contributed by atoms with Crippen LogP contribution < -0.4 is 11.2 Å². The Morgan fingerprint density at radius 2 is 1.58 bits per heavy atom. The second-order valence-electron chi connectivity index (χ2n) is 7.79. The molecule has 5 aromatic rings. The van der Waals surface area contributed by atoms with Crippen LogP contribution in [0.25, 0.3) is 28.3 Å². The van der Waals surface area contributed by atoms with Crippen LogP contribution in [0.4, 0.5) is 0 Å². The molecule has 0 aliphatic rings. The largest absolute Gasteiger partial charge is 0.332 e. The van der Waals surface area contributed by atoms with Gasteiger partial charge in [0.15, 0.2) is 17.0 Å². The highest BCUT2D eigenvalue weighted by Gasteiger charge is 2.23. The minimum Gasteiger partial charge on any atom is -0.302 e. The molecular weight excluding hydrogens is 392 g/mol. The Kier molecular flexibility index (Phi) is 4.35. The molecule has 0 radical (unpaired) electrons. The summed E-state index contributed by atoms with van der Waals surface area (Å²) in [4.78, 5) is 25.9. The third-order valence-electron chi connectivity index (χ3n) is 5.76. The van der Waals surface area contributed by atoms with Gasteiger partial charge < -0.3 is 4.57 Å². The first-order valence-electron chi connectivity index (χ1n) is 10.1. The van der Waals surface area contributed by atoms with Gasteiger partial charge in [-0.2, -0.15) is 0 Å². The predicted octanol–water partition coefficient (Wildman–Crippen LogP) is 2.30. The summed E-state index contributed by atoms with van der Waals surface area (Å²) in [6.45, 7) is 2.56. The SMILES string of the molecule is Cc1ccc(-c2nnc3n(CCc4ccccc4)c4c(=O)n(C)c(=O)n(C)c4n23)cc1. The zero-order valence-electron chi connectivity index (χ0n) is 17.6. The Bertz CT molecular complexity index is 1540. The lowest BCUT2D eigenvalue weighted by Crippen LogP contribution is -2.37. The monoisotopic (exact) mass is 414 g/mol. The normalized spacial score (nSPS) is 11.6. The van der Waals surface area contributed by atoms with E-state index in [1.54, 1.807) is 7.05 Å². The predicted molar refractivity (Wildman–Crippen MR) is 119 cm³/mol. The van der Waals surface area contributed by atoms with Crippen LogP contribution in [0, 0.1) is 6.92 Å². The highest BCUT2D eigenvalue weighted by molar-refractivity contribution is 5.79. The summed E-state index contributed by atoms with van der Waals surface area (Å²) in [6, 6.07) is 18.0. The van der Waals surface area contributed by atoms with Crippen molar-refractivity contribution in [2.45, 2.75) is 19.9 Å². The van der Waals surface area contributed by atoms with Gasteiger partial charge in [-0.15, -0.1) is 10.2 Å². The fourth-order valence-corrected chi connectivity index (χ4v) is 4.04. The van der Waals surface area contributed by atoms with Crippen LogP contribution in [0.5, 0.6) is 0 Å². The van der Waals surface area contributed by atoms with Gasteiger partial charge in [-0.25, -0.2) is 9.20 Å². The summed E-state index contributed by atoms with van der Waals surface area (Å²) in [5.74, 6) is 1.14. The lowest BCUT2D eigenvalue weighted by atomic mass is 10.1. The molecule has 0 atom stereocenters. The molecule has 0 aliphatic carbocycles. The van der Waals surface area contributed by atoms with E-state index in [1.807, 2.05) is 58.4 Å². The molecule has 3 heterocycles. The third-order valence-corrected chi connectivity index (χ3v) is 5.76. The molecule has 0 saturated carbocycles. The number of aromatic nitrogens is 6. The average Bonchev–Trinajstić information content (AvgIpc) is 3.34. The summed E-state index contributed by atoms with van der Waals surface area (Å²) < 4.78 is 6.31. The number of fused-ring (bicyclic) bond motifs is 3. The van der Waals surface area contributed by atoms with Gasteiger partial charge in [-0.1, -0.05) is 60.2 Å². The zero-order chi connectivity index (χ0) is 21.7. The summed E-state index contributed by atoms with van der Waals surface area (Å²) in [5.41, 5.74) is 3.37. The van der Waals surface area contributed by atoms with Crippen LogP contribution >= 0.6 is 0 Å². The number of imidazole rings is 1. The fraction of sp³-hybridized carbons (Fsp3) is 0.217. The van der Waals surface area contributed by atoms with Gasteiger partial charge in [0, 0.05) is 26.2 Å². The van der Waals surface area contributed by atoms with Crippen molar-refractivity contribution >= 4 is 16.9 Å². The van der Waals surface area contributed by atoms with Crippen molar-refractivity contribution in [3.63, 3.8) is 0 Å². The van der Waals surface area contributed by atoms with Gasteiger partial charge >= 0.3 is 5.69 Å². The van der Waals surface area contributed by atoms with E-state index in [9.17, 15) is 9.59 Å². The Hall–Kier alpha value is -3.94. The van der Waals surface area contributed by atoms with Crippen molar-refractivity contribution in [1.29, 1.82) is 0 Å². The first-order valence-corrected chi connectivity index (χ1v) is 10.1. The summed E-state index contributed by atoms with van der Waals surface area (Å²) in [6.07, 6.45) is 0.721. The quantitative estimate of drug-likeness (QED) is 0.452. The number of benzene rings is 2. The summed E-state index contributed by atoms with van der Waals surface area (Å²) >= 11 is 0. The summed E-state index contributed by atoms with van der Waals surface area (Å²) in [7, 11) is 3.17. The molecule has 0 unspecified atom stereocenters. The van der Waals surface area contributed by atoms with Gasteiger partial charge in [0.2, 0.25) is 5.78 Å². The maximum atomic E-state index is 13.2. The Morgan fingerprint density at radius 1 is 0.871 bits per heavy atom. The van der Waals surface area contributed by atoms with Crippen LogP contribution in [-0.2, 0) is 27.1 Å². The third kappa shape index (κ3) is 2.91. The highest BCUT2D eigenvalue weighted by Crippen LogP contribution is 2.25. The van der Waals surface area contributed by atoms with E-state index in [2.05, 4.69) is 22.3 Å². The molecule has 0 N–H and O–H groups in total. The van der Waals surface area contributed by atoms with Crippen LogP contribution in [0.2, 0.25) is 0 Å².